The van der Waals surface area contributed by atoms with Crippen molar-refractivity contribution in [3.8, 4) is 11.5 Å². The van der Waals surface area contributed by atoms with Gasteiger partial charge in [-0.25, -0.2) is 4.99 Å². The van der Waals surface area contributed by atoms with Crippen molar-refractivity contribution >= 4 is 29.6 Å². The number of alkyl halides is 2. The number of rotatable bonds is 8. The Kier molecular flexibility index (Phi) is 6.42. The number of nitrogens with one attached hydrogen (secondary N) is 1. The number of carbonyl (C=O) groups excluding carboxylic acids is 3. The number of halogens is 2. The minimum Gasteiger partial charge on any atom is -0.489 e. The maximum absolute atomic E-state index is 13.2. The normalized spacial score (nSPS) is 20.6. The lowest BCUT2D eigenvalue weighted by atomic mass is 9.95. The molecular weight excluding hydrogens is 472 g/mol. The van der Waals surface area contributed by atoms with Gasteiger partial charge in [0.25, 0.3) is 5.91 Å². The molecule has 1 aliphatic carbocycles. The second kappa shape index (κ2) is 9.67. The average molecular weight is 497 g/mol. The van der Waals surface area contributed by atoms with Gasteiger partial charge < -0.3 is 19.7 Å². The van der Waals surface area contributed by atoms with E-state index in [1.165, 1.54) is 24.1 Å². The molecular formula is C26H25F2N3O5. The van der Waals surface area contributed by atoms with E-state index in [0.29, 0.717) is 42.3 Å². The van der Waals surface area contributed by atoms with Crippen LogP contribution in [-0.4, -0.2) is 54.6 Å². The van der Waals surface area contributed by atoms with Crippen molar-refractivity contribution in [3.05, 3.63) is 53.1 Å². The average Bonchev–Trinajstić information content (AvgIpc) is 3.44. The van der Waals surface area contributed by atoms with Crippen LogP contribution < -0.4 is 14.8 Å². The third kappa shape index (κ3) is 5.07. The molecule has 1 saturated heterocycles. The van der Waals surface area contributed by atoms with Gasteiger partial charge in [-0.1, -0.05) is 12.1 Å². The van der Waals surface area contributed by atoms with Gasteiger partial charge in [0.15, 0.2) is 11.5 Å². The highest BCUT2D eigenvalue weighted by molar-refractivity contribution is 6.13. The van der Waals surface area contributed by atoms with Crippen LogP contribution in [-0.2, 0) is 9.59 Å². The van der Waals surface area contributed by atoms with Gasteiger partial charge in [-0.2, -0.15) is 8.78 Å². The summed E-state index contributed by atoms with van der Waals surface area (Å²) < 4.78 is 36.1. The molecule has 10 heteroatoms. The number of likely N-dealkylation sites (tertiary alicyclic amines) is 1. The zero-order valence-corrected chi connectivity index (χ0v) is 19.6. The molecule has 1 unspecified atom stereocenters. The van der Waals surface area contributed by atoms with Gasteiger partial charge in [0.05, 0.1) is 12.2 Å². The Morgan fingerprint density at radius 2 is 1.97 bits per heavy atom. The van der Waals surface area contributed by atoms with Crippen molar-refractivity contribution in [2.45, 2.75) is 44.8 Å². The molecule has 2 fully saturated rings. The van der Waals surface area contributed by atoms with Gasteiger partial charge in [-0.3, -0.25) is 14.4 Å². The van der Waals surface area contributed by atoms with Crippen molar-refractivity contribution in [1.82, 2.24) is 4.90 Å². The van der Waals surface area contributed by atoms with E-state index < -0.39 is 12.7 Å². The Morgan fingerprint density at radius 3 is 2.69 bits per heavy atom. The molecule has 3 amide bonds. The second-order valence-corrected chi connectivity index (χ2v) is 9.31. The summed E-state index contributed by atoms with van der Waals surface area (Å²) in [6, 6.07) is 8.98. The fourth-order valence-corrected chi connectivity index (χ4v) is 4.61. The number of hydrogen-bond acceptors (Lipinski definition) is 5. The van der Waals surface area contributed by atoms with E-state index in [9.17, 15) is 23.2 Å². The summed E-state index contributed by atoms with van der Waals surface area (Å²) in [6.07, 6.45) is 3.91. The van der Waals surface area contributed by atoms with Gasteiger partial charge in [0.2, 0.25) is 11.8 Å². The molecule has 2 heterocycles. The van der Waals surface area contributed by atoms with Crippen LogP contribution in [0.15, 0.2) is 41.4 Å². The maximum Gasteiger partial charge on any atom is 0.387 e. The molecule has 3 aliphatic rings. The van der Waals surface area contributed by atoms with E-state index in [1.807, 2.05) is 0 Å². The summed E-state index contributed by atoms with van der Waals surface area (Å²) in [6.45, 7) is -0.862. The Labute approximate surface area is 206 Å². The van der Waals surface area contributed by atoms with Crippen LogP contribution in [0.3, 0.4) is 0 Å². The lowest BCUT2D eigenvalue weighted by molar-refractivity contribution is -0.134. The predicted molar refractivity (Wildman–Crippen MR) is 127 cm³/mol. The van der Waals surface area contributed by atoms with Gasteiger partial charge in [-0.15, -0.1) is 0 Å². The van der Waals surface area contributed by atoms with Crippen molar-refractivity contribution in [2.75, 3.05) is 18.5 Å². The number of amides is 3. The number of benzene rings is 2. The summed E-state index contributed by atoms with van der Waals surface area (Å²) in [4.78, 5) is 42.7. The fraction of sp³-hybridized carbons (Fsp3) is 0.385. The number of aliphatic imine (C=N–C) groups is 1. The summed E-state index contributed by atoms with van der Waals surface area (Å²) in [5.74, 6) is -0.594. The quantitative estimate of drug-likeness (QED) is 0.595. The lowest BCUT2D eigenvalue weighted by Gasteiger charge is -2.22. The predicted octanol–water partition coefficient (Wildman–Crippen LogP) is 3.99. The van der Waals surface area contributed by atoms with E-state index in [0.717, 1.165) is 18.4 Å². The third-order valence-corrected chi connectivity index (χ3v) is 6.71. The van der Waals surface area contributed by atoms with Crippen LogP contribution in [0.25, 0.3) is 0 Å². The van der Waals surface area contributed by atoms with Crippen molar-refractivity contribution in [1.29, 1.82) is 0 Å². The smallest absolute Gasteiger partial charge is 0.387 e. The molecule has 5 rings (SSSR count). The largest absolute Gasteiger partial charge is 0.489 e. The molecule has 2 aromatic carbocycles. The molecule has 1 N–H and O–H groups in total. The summed E-state index contributed by atoms with van der Waals surface area (Å²) in [5.41, 5.74) is 2.30. The zero-order valence-electron chi connectivity index (χ0n) is 19.6. The first-order valence-corrected chi connectivity index (χ1v) is 11.8. The van der Waals surface area contributed by atoms with Gasteiger partial charge in [0.1, 0.15) is 6.04 Å². The summed E-state index contributed by atoms with van der Waals surface area (Å²) in [5, 5.41) is 2.80. The van der Waals surface area contributed by atoms with E-state index in [-0.39, 0.29) is 35.1 Å². The molecule has 0 spiro atoms. The van der Waals surface area contributed by atoms with Crippen LogP contribution >= 0.6 is 0 Å². The molecule has 188 valence electrons. The highest BCUT2D eigenvalue weighted by Crippen LogP contribution is 2.39. The van der Waals surface area contributed by atoms with Crippen LogP contribution in [0.4, 0.5) is 14.5 Å². The van der Waals surface area contributed by atoms with Crippen LogP contribution in [0.2, 0.25) is 0 Å². The van der Waals surface area contributed by atoms with E-state index in [1.54, 1.807) is 30.3 Å². The van der Waals surface area contributed by atoms with Gasteiger partial charge >= 0.3 is 6.61 Å². The third-order valence-electron chi connectivity index (χ3n) is 6.71. The van der Waals surface area contributed by atoms with Crippen molar-refractivity contribution in [2.24, 2.45) is 10.9 Å². The lowest BCUT2D eigenvalue weighted by Crippen LogP contribution is -2.42. The molecule has 1 saturated carbocycles. The summed E-state index contributed by atoms with van der Waals surface area (Å²) >= 11 is 0. The monoisotopic (exact) mass is 497 g/mol. The highest BCUT2D eigenvalue weighted by Gasteiger charge is 2.39. The van der Waals surface area contributed by atoms with E-state index in [4.69, 9.17) is 4.74 Å². The molecule has 0 bridgehead atoms. The van der Waals surface area contributed by atoms with Crippen LogP contribution in [0.1, 0.15) is 53.6 Å². The number of nitrogens with zero attached hydrogens (tertiary/aromatic N) is 2. The van der Waals surface area contributed by atoms with Crippen LogP contribution in [0, 0.1) is 5.92 Å². The second-order valence-electron chi connectivity index (χ2n) is 9.31. The molecule has 0 aromatic heterocycles. The number of fused-ring (bicyclic) bond motifs is 1. The molecule has 8 nitrogen and oxygen atoms in total. The number of anilines is 1. The SMILES string of the molecule is CC(=O)N1CC(c2ccc(OC(F)F)c(OCC3CC3)c2)C[C@@H]1C(=O)Nc1ccc2c(c1)C(=O)N=C2. The van der Waals surface area contributed by atoms with Crippen molar-refractivity contribution < 1.29 is 32.6 Å². The van der Waals surface area contributed by atoms with E-state index >= 15 is 0 Å². The molecule has 2 aromatic rings. The zero-order chi connectivity index (χ0) is 25.4. The van der Waals surface area contributed by atoms with E-state index in [2.05, 4.69) is 15.0 Å². The van der Waals surface area contributed by atoms with Gasteiger partial charge in [-0.05, 0) is 55.0 Å². The Balaban J connectivity index is 1.33. The van der Waals surface area contributed by atoms with Gasteiger partial charge in [0, 0.05) is 36.9 Å². The maximum atomic E-state index is 13.2. The Bertz CT molecular complexity index is 1240. The summed E-state index contributed by atoms with van der Waals surface area (Å²) in [7, 11) is 0. The highest BCUT2D eigenvalue weighted by atomic mass is 19.3. The first-order chi connectivity index (χ1) is 17.3. The topological polar surface area (TPSA) is 97.3 Å². The molecule has 2 atom stereocenters. The number of ether oxygens (including phenoxy) is 2. The Morgan fingerprint density at radius 1 is 1.17 bits per heavy atom. The van der Waals surface area contributed by atoms with Crippen molar-refractivity contribution in [3.63, 3.8) is 0 Å². The van der Waals surface area contributed by atoms with Crippen LogP contribution in [0.5, 0.6) is 11.5 Å². The number of carbonyl (C=O) groups is 3. The Hall–Kier alpha value is -3.82. The first-order valence-electron chi connectivity index (χ1n) is 11.8. The first kappa shape index (κ1) is 23.9. The minimum atomic E-state index is -2.98. The standard InChI is InChI=1S/C26H25F2N3O5/c1-14(32)31-12-18(16-5-7-22(36-26(27)28)23(9-16)35-13-15-2-3-15)8-21(31)25(34)30-19-6-4-17-11-29-24(33)20(17)10-19/h4-7,9-11,15,18,21,26H,2-3,8,12-13H2,1H3,(H,30,34)/t18?,21-/m1/s1. The number of hydrogen-bond donors (Lipinski definition) is 1. The fourth-order valence-electron chi connectivity index (χ4n) is 4.61. The molecule has 36 heavy (non-hydrogen) atoms. The minimum absolute atomic E-state index is 0.0414. The molecule has 2 aliphatic heterocycles. The molecule has 0 radical (unpaired) electrons.